The number of aliphatic hydroxyl groups excluding tert-OH is 1. The van der Waals surface area contributed by atoms with Crippen LogP contribution in [0.15, 0.2) is 18.2 Å². The van der Waals surface area contributed by atoms with Gasteiger partial charge in [-0.25, -0.2) is 0 Å². The molecule has 0 amide bonds. The van der Waals surface area contributed by atoms with Gasteiger partial charge in [-0.1, -0.05) is 6.92 Å². The standard InChI is InChI=1S/C17H28N2O3.ClH/c1-17(6-7-18-12-17)13-19(8-9-20)11-14-10-15(21-2)4-5-16(14)22-3;/h4-5,10,18,20H,6-9,11-13H2,1-3H3;1H. The number of hydrogen-bond acceptors (Lipinski definition) is 5. The average molecular weight is 345 g/mol. The van der Waals surface area contributed by atoms with Gasteiger partial charge in [0.15, 0.2) is 0 Å². The van der Waals surface area contributed by atoms with Crippen LogP contribution in [0, 0.1) is 5.41 Å². The average Bonchev–Trinajstić information content (AvgIpc) is 2.93. The van der Waals surface area contributed by atoms with E-state index in [4.69, 9.17) is 9.47 Å². The van der Waals surface area contributed by atoms with E-state index in [0.717, 1.165) is 43.2 Å². The predicted molar refractivity (Wildman–Crippen MR) is 94.8 cm³/mol. The second-order valence-corrected chi connectivity index (χ2v) is 6.35. The van der Waals surface area contributed by atoms with Gasteiger partial charge in [-0.15, -0.1) is 12.4 Å². The number of rotatable bonds is 8. The maximum atomic E-state index is 9.39. The Hall–Kier alpha value is -1.01. The molecule has 5 nitrogen and oxygen atoms in total. The number of methoxy groups -OCH3 is 2. The lowest BCUT2D eigenvalue weighted by Crippen LogP contribution is -2.38. The van der Waals surface area contributed by atoms with Crippen molar-refractivity contribution in [2.45, 2.75) is 19.9 Å². The Morgan fingerprint density at radius 1 is 1.30 bits per heavy atom. The normalized spacial score (nSPS) is 20.4. The molecule has 0 radical (unpaired) electrons. The van der Waals surface area contributed by atoms with Gasteiger partial charge in [-0.05, 0) is 36.6 Å². The largest absolute Gasteiger partial charge is 0.497 e. The lowest BCUT2D eigenvalue weighted by atomic mass is 9.89. The van der Waals surface area contributed by atoms with Crippen molar-refractivity contribution >= 4 is 12.4 Å². The molecule has 1 aromatic rings. The molecule has 2 N–H and O–H groups in total. The number of nitrogens with zero attached hydrogens (tertiary/aromatic N) is 1. The Balaban J connectivity index is 0.00000264. The maximum absolute atomic E-state index is 9.39. The Bertz CT molecular complexity index is 479. The van der Waals surface area contributed by atoms with Crippen LogP contribution in [0.5, 0.6) is 11.5 Å². The summed E-state index contributed by atoms with van der Waals surface area (Å²) < 4.78 is 10.8. The highest BCUT2D eigenvalue weighted by atomic mass is 35.5. The van der Waals surface area contributed by atoms with Crippen molar-refractivity contribution in [3.63, 3.8) is 0 Å². The van der Waals surface area contributed by atoms with Crippen LogP contribution in [-0.2, 0) is 6.54 Å². The smallest absolute Gasteiger partial charge is 0.123 e. The first-order chi connectivity index (χ1) is 10.6. The summed E-state index contributed by atoms with van der Waals surface area (Å²) in [7, 11) is 3.35. The summed E-state index contributed by atoms with van der Waals surface area (Å²) in [6.07, 6.45) is 1.17. The molecule has 1 fully saturated rings. The third-order valence-electron chi connectivity index (χ3n) is 4.36. The van der Waals surface area contributed by atoms with Crippen LogP contribution >= 0.6 is 12.4 Å². The van der Waals surface area contributed by atoms with E-state index < -0.39 is 0 Å². The van der Waals surface area contributed by atoms with Crippen LogP contribution < -0.4 is 14.8 Å². The highest BCUT2D eigenvalue weighted by Crippen LogP contribution is 2.29. The number of hydrogen-bond donors (Lipinski definition) is 2. The SMILES string of the molecule is COc1ccc(OC)c(CN(CCO)CC2(C)CCNC2)c1.Cl. The van der Waals surface area contributed by atoms with Crippen molar-refractivity contribution in [2.24, 2.45) is 5.41 Å². The zero-order valence-corrected chi connectivity index (χ0v) is 15.1. The molecule has 1 saturated heterocycles. The summed E-state index contributed by atoms with van der Waals surface area (Å²) in [5.41, 5.74) is 1.35. The van der Waals surface area contributed by atoms with Gasteiger partial charge in [0.1, 0.15) is 11.5 Å². The minimum atomic E-state index is 0. The van der Waals surface area contributed by atoms with E-state index in [1.807, 2.05) is 18.2 Å². The van der Waals surface area contributed by atoms with Gasteiger partial charge in [0.25, 0.3) is 0 Å². The molecule has 1 atom stereocenters. The zero-order chi connectivity index (χ0) is 16.0. The summed E-state index contributed by atoms with van der Waals surface area (Å²) in [5.74, 6) is 1.69. The lowest BCUT2D eigenvalue weighted by Gasteiger charge is -2.32. The van der Waals surface area contributed by atoms with E-state index in [1.165, 1.54) is 6.42 Å². The van der Waals surface area contributed by atoms with Gasteiger partial charge in [0.2, 0.25) is 0 Å². The minimum Gasteiger partial charge on any atom is -0.497 e. The lowest BCUT2D eigenvalue weighted by molar-refractivity contribution is 0.136. The minimum absolute atomic E-state index is 0. The van der Waals surface area contributed by atoms with Crippen molar-refractivity contribution in [3.8, 4) is 11.5 Å². The second-order valence-electron chi connectivity index (χ2n) is 6.35. The van der Waals surface area contributed by atoms with E-state index in [2.05, 4.69) is 17.1 Å². The van der Waals surface area contributed by atoms with E-state index in [9.17, 15) is 5.11 Å². The molecule has 1 heterocycles. The van der Waals surface area contributed by atoms with E-state index >= 15 is 0 Å². The fourth-order valence-electron chi connectivity index (χ4n) is 3.15. The van der Waals surface area contributed by atoms with Gasteiger partial charge >= 0.3 is 0 Å². The van der Waals surface area contributed by atoms with Crippen molar-refractivity contribution in [3.05, 3.63) is 23.8 Å². The summed E-state index contributed by atoms with van der Waals surface area (Å²) in [6.45, 7) is 6.94. The Labute approximate surface area is 145 Å². The van der Waals surface area contributed by atoms with Crippen LogP contribution in [0.2, 0.25) is 0 Å². The number of nitrogens with one attached hydrogen (secondary N) is 1. The van der Waals surface area contributed by atoms with Crippen molar-refractivity contribution in [1.82, 2.24) is 10.2 Å². The first kappa shape index (κ1) is 20.0. The Kier molecular flexibility index (Phi) is 8.12. The Morgan fingerprint density at radius 3 is 2.65 bits per heavy atom. The zero-order valence-electron chi connectivity index (χ0n) is 14.3. The first-order valence-corrected chi connectivity index (χ1v) is 7.85. The van der Waals surface area contributed by atoms with Gasteiger partial charge in [0.05, 0.1) is 20.8 Å². The first-order valence-electron chi connectivity index (χ1n) is 7.85. The summed E-state index contributed by atoms with van der Waals surface area (Å²) in [5, 5.41) is 12.8. The molecule has 0 spiro atoms. The summed E-state index contributed by atoms with van der Waals surface area (Å²) in [4.78, 5) is 2.30. The van der Waals surface area contributed by atoms with E-state index in [0.29, 0.717) is 6.54 Å². The van der Waals surface area contributed by atoms with Crippen LogP contribution in [0.1, 0.15) is 18.9 Å². The van der Waals surface area contributed by atoms with Crippen molar-refractivity contribution in [2.75, 3.05) is 47.0 Å². The molecule has 1 aliphatic heterocycles. The number of aliphatic hydroxyl groups is 1. The topological polar surface area (TPSA) is 54.0 Å². The third-order valence-corrected chi connectivity index (χ3v) is 4.36. The molecular formula is C17H29ClN2O3. The highest BCUT2D eigenvalue weighted by Gasteiger charge is 2.30. The number of ether oxygens (including phenoxy) is 2. The molecule has 2 rings (SSSR count). The van der Waals surface area contributed by atoms with Gasteiger partial charge in [0, 0.05) is 31.7 Å². The van der Waals surface area contributed by atoms with Gasteiger partial charge in [-0.2, -0.15) is 0 Å². The third kappa shape index (κ3) is 5.53. The highest BCUT2D eigenvalue weighted by molar-refractivity contribution is 5.85. The molecule has 0 bridgehead atoms. The molecule has 132 valence electrons. The van der Waals surface area contributed by atoms with Crippen molar-refractivity contribution < 1.29 is 14.6 Å². The fourth-order valence-corrected chi connectivity index (χ4v) is 3.15. The van der Waals surface area contributed by atoms with E-state index in [-0.39, 0.29) is 24.4 Å². The molecule has 1 aromatic carbocycles. The quantitative estimate of drug-likeness (QED) is 0.754. The molecule has 23 heavy (non-hydrogen) atoms. The monoisotopic (exact) mass is 344 g/mol. The number of benzene rings is 1. The molecule has 0 aromatic heterocycles. The molecule has 0 aliphatic carbocycles. The predicted octanol–water partition coefficient (Wildman–Crippen LogP) is 1.92. The van der Waals surface area contributed by atoms with Crippen molar-refractivity contribution in [1.29, 1.82) is 0 Å². The second kappa shape index (κ2) is 9.33. The Morgan fingerprint density at radius 2 is 2.09 bits per heavy atom. The van der Waals surface area contributed by atoms with Gasteiger partial charge < -0.3 is 19.9 Å². The van der Waals surface area contributed by atoms with E-state index in [1.54, 1.807) is 14.2 Å². The molecule has 0 saturated carbocycles. The molecule has 1 unspecified atom stereocenters. The molecule has 6 heteroatoms. The molecular weight excluding hydrogens is 316 g/mol. The van der Waals surface area contributed by atoms with Crippen LogP contribution in [-0.4, -0.2) is 57.0 Å². The van der Waals surface area contributed by atoms with Gasteiger partial charge in [-0.3, -0.25) is 4.90 Å². The van der Waals surface area contributed by atoms with Crippen LogP contribution in [0.3, 0.4) is 0 Å². The maximum Gasteiger partial charge on any atom is 0.123 e. The van der Waals surface area contributed by atoms with Crippen LogP contribution in [0.4, 0.5) is 0 Å². The summed E-state index contributed by atoms with van der Waals surface area (Å²) in [6, 6.07) is 5.85. The fraction of sp³-hybridized carbons (Fsp3) is 0.647. The number of halogens is 1. The summed E-state index contributed by atoms with van der Waals surface area (Å²) >= 11 is 0. The molecule has 1 aliphatic rings. The van der Waals surface area contributed by atoms with Crippen LogP contribution in [0.25, 0.3) is 0 Å².